The summed E-state index contributed by atoms with van der Waals surface area (Å²) < 4.78 is 42.3. The van der Waals surface area contributed by atoms with E-state index in [-0.39, 0.29) is 5.69 Å². The average Bonchev–Trinajstić information content (AvgIpc) is 2.37. The van der Waals surface area contributed by atoms with Crippen LogP contribution in [0.5, 0.6) is 0 Å². The SMILES string of the molecule is Nc1cc(S(=O)(=O)Nc2ccc(Br)cc2Br)c(F)cc1Br. The minimum absolute atomic E-state index is 0.131. The Balaban J connectivity index is 2.46. The van der Waals surface area contributed by atoms with Crippen molar-refractivity contribution in [1.82, 2.24) is 0 Å². The molecule has 0 saturated heterocycles. The average molecular weight is 503 g/mol. The van der Waals surface area contributed by atoms with E-state index in [1.54, 1.807) is 18.2 Å². The van der Waals surface area contributed by atoms with E-state index in [4.69, 9.17) is 5.73 Å². The zero-order chi connectivity index (χ0) is 15.8. The van der Waals surface area contributed by atoms with Crippen LogP contribution in [0.1, 0.15) is 0 Å². The molecule has 0 aromatic heterocycles. The maximum absolute atomic E-state index is 13.9. The molecule has 4 nitrogen and oxygen atoms in total. The van der Waals surface area contributed by atoms with Gasteiger partial charge in [-0.25, -0.2) is 12.8 Å². The summed E-state index contributed by atoms with van der Waals surface area (Å²) in [6, 6.07) is 6.96. The molecule has 3 N–H and O–H groups in total. The molecule has 2 aromatic rings. The van der Waals surface area contributed by atoms with Crippen LogP contribution >= 0.6 is 47.8 Å². The van der Waals surface area contributed by atoms with Gasteiger partial charge in [0.2, 0.25) is 0 Å². The quantitative estimate of drug-likeness (QED) is 0.607. The van der Waals surface area contributed by atoms with Crippen LogP contribution in [0.3, 0.4) is 0 Å². The van der Waals surface area contributed by atoms with Gasteiger partial charge < -0.3 is 5.73 Å². The summed E-state index contributed by atoms with van der Waals surface area (Å²) in [5.74, 6) is -0.892. The molecule has 0 amide bonds. The topological polar surface area (TPSA) is 72.2 Å². The molecule has 0 fully saturated rings. The van der Waals surface area contributed by atoms with Gasteiger partial charge in [0.15, 0.2) is 0 Å². The molecule has 21 heavy (non-hydrogen) atoms. The van der Waals surface area contributed by atoms with Gasteiger partial charge >= 0.3 is 0 Å². The zero-order valence-electron chi connectivity index (χ0n) is 10.2. The molecule has 0 heterocycles. The summed E-state index contributed by atoms with van der Waals surface area (Å²) in [5, 5.41) is 0. The van der Waals surface area contributed by atoms with E-state index >= 15 is 0 Å². The van der Waals surface area contributed by atoms with Crippen molar-refractivity contribution < 1.29 is 12.8 Å². The fourth-order valence-electron chi connectivity index (χ4n) is 1.52. The van der Waals surface area contributed by atoms with Gasteiger partial charge in [0.1, 0.15) is 10.7 Å². The molecule has 0 bridgehead atoms. The minimum Gasteiger partial charge on any atom is -0.398 e. The second-order valence-corrected chi connectivity index (χ2v) is 8.31. The van der Waals surface area contributed by atoms with Crippen molar-refractivity contribution in [3.63, 3.8) is 0 Å². The highest BCUT2D eigenvalue weighted by atomic mass is 79.9. The van der Waals surface area contributed by atoms with Crippen molar-refractivity contribution in [3.8, 4) is 0 Å². The second kappa shape index (κ2) is 6.23. The van der Waals surface area contributed by atoms with E-state index in [2.05, 4.69) is 52.5 Å². The first-order valence-corrected chi connectivity index (χ1v) is 9.29. The summed E-state index contributed by atoms with van der Waals surface area (Å²) in [6.45, 7) is 0. The number of hydrogen-bond acceptors (Lipinski definition) is 3. The standard InChI is InChI=1S/C12H8Br3FN2O2S/c13-6-1-2-11(8(15)3-6)18-21(19,20)12-5-10(17)7(14)4-9(12)16/h1-5,18H,17H2. The van der Waals surface area contributed by atoms with Crippen molar-refractivity contribution in [3.05, 3.63) is 49.6 Å². The summed E-state index contributed by atoms with van der Waals surface area (Å²) in [5.41, 5.74) is 6.03. The predicted molar refractivity (Wildman–Crippen MR) is 91.2 cm³/mol. The lowest BCUT2D eigenvalue weighted by molar-refractivity contribution is 0.570. The molecule has 0 aliphatic carbocycles. The molecule has 9 heteroatoms. The molecule has 0 spiro atoms. The number of halogens is 4. The Morgan fingerprint density at radius 1 is 1.05 bits per heavy atom. The van der Waals surface area contributed by atoms with Gasteiger partial charge in [0, 0.05) is 19.1 Å². The third kappa shape index (κ3) is 3.77. The van der Waals surface area contributed by atoms with Gasteiger partial charge in [-0.15, -0.1) is 0 Å². The molecule has 0 atom stereocenters. The van der Waals surface area contributed by atoms with Crippen molar-refractivity contribution >= 4 is 69.2 Å². The molecule has 0 aliphatic heterocycles. The van der Waals surface area contributed by atoms with Crippen LogP contribution in [0.4, 0.5) is 15.8 Å². The molecule has 0 radical (unpaired) electrons. The van der Waals surface area contributed by atoms with Crippen molar-refractivity contribution in [1.29, 1.82) is 0 Å². The molecule has 112 valence electrons. The Labute approximate surface area is 146 Å². The fraction of sp³-hybridized carbons (Fsp3) is 0. The second-order valence-electron chi connectivity index (χ2n) is 4.03. The number of sulfonamides is 1. The fourth-order valence-corrected chi connectivity index (χ4v) is 4.29. The maximum Gasteiger partial charge on any atom is 0.264 e. The van der Waals surface area contributed by atoms with Gasteiger partial charge in [-0.3, -0.25) is 4.72 Å². The van der Waals surface area contributed by atoms with Gasteiger partial charge in [-0.2, -0.15) is 0 Å². The van der Waals surface area contributed by atoms with E-state index in [9.17, 15) is 12.8 Å². The number of hydrogen-bond donors (Lipinski definition) is 2. The summed E-state index contributed by atoms with van der Waals surface area (Å²) >= 11 is 9.54. The first kappa shape index (κ1) is 16.7. The maximum atomic E-state index is 13.9. The largest absolute Gasteiger partial charge is 0.398 e. The Kier molecular flexibility index (Phi) is 4.96. The minimum atomic E-state index is -4.09. The van der Waals surface area contributed by atoms with E-state index in [0.29, 0.717) is 14.6 Å². The number of anilines is 2. The first-order valence-electron chi connectivity index (χ1n) is 5.43. The molecular formula is C12H8Br3FN2O2S. The van der Waals surface area contributed by atoms with Gasteiger partial charge in [0.25, 0.3) is 10.0 Å². The number of nitrogens with one attached hydrogen (secondary N) is 1. The van der Waals surface area contributed by atoms with Gasteiger partial charge in [0.05, 0.1) is 5.69 Å². The lowest BCUT2D eigenvalue weighted by Gasteiger charge is -2.12. The smallest absolute Gasteiger partial charge is 0.264 e. The van der Waals surface area contributed by atoms with E-state index < -0.39 is 20.7 Å². The molecule has 0 unspecified atom stereocenters. The Bertz CT molecular complexity index is 812. The van der Waals surface area contributed by atoms with E-state index in [1.165, 1.54) is 0 Å². The third-order valence-electron chi connectivity index (χ3n) is 2.52. The highest BCUT2D eigenvalue weighted by molar-refractivity contribution is 9.11. The number of benzene rings is 2. The number of rotatable bonds is 3. The number of nitrogens with two attached hydrogens (primary N) is 1. The summed E-state index contributed by atoms with van der Waals surface area (Å²) in [7, 11) is -4.09. The van der Waals surface area contributed by atoms with Crippen LogP contribution in [0, 0.1) is 5.82 Å². The zero-order valence-corrected chi connectivity index (χ0v) is 15.8. The van der Waals surface area contributed by atoms with Crippen molar-refractivity contribution in [2.75, 3.05) is 10.5 Å². The summed E-state index contributed by atoms with van der Waals surface area (Å²) in [6.07, 6.45) is 0. The number of nitrogen functional groups attached to an aromatic ring is 1. The molecular weight excluding hydrogens is 495 g/mol. The predicted octanol–water partition coefficient (Wildman–Crippen LogP) is 4.50. The van der Waals surface area contributed by atoms with Crippen LogP contribution in [0.2, 0.25) is 0 Å². The van der Waals surface area contributed by atoms with E-state index in [1.807, 2.05) is 0 Å². The Morgan fingerprint density at radius 3 is 2.33 bits per heavy atom. The van der Waals surface area contributed by atoms with Gasteiger partial charge in [-0.1, -0.05) is 15.9 Å². The van der Waals surface area contributed by atoms with Crippen molar-refractivity contribution in [2.24, 2.45) is 0 Å². The Morgan fingerprint density at radius 2 is 1.71 bits per heavy atom. The lowest BCUT2D eigenvalue weighted by atomic mass is 10.3. The molecule has 2 rings (SSSR count). The monoisotopic (exact) mass is 500 g/mol. The van der Waals surface area contributed by atoms with Crippen LogP contribution in [0.25, 0.3) is 0 Å². The normalized spacial score (nSPS) is 11.4. The molecule has 2 aromatic carbocycles. The highest BCUT2D eigenvalue weighted by Crippen LogP contribution is 2.30. The van der Waals surface area contributed by atoms with Crippen LogP contribution in [-0.4, -0.2) is 8.42 Å². The van der Waals surface area contributed by atoms with Crippen molar-refractivity contribution in [2.45, 2.75) is 4.90 Å². The van der Waals surface area contributed by atoms with Crippen LogP contribution < -0.4 is 10.5 Å². The third-order valence-corrected chi connectivity index (χ3v) is 5.73. The van der Waals surface area contributed by atoms with E-state index in [0.717, 1.165) is 16.6 Å². The highest BCUT2D eigenvalue weighted by Gasteiger charge is 2.21. The summed E-state index contributed by atoms with van der Waals surface area (Å²) in [4.78, 5) is -0.516. The molecule has 0 aliphatic rings. The van der Waals surface area contributed by atoms with Gasteiger partial charge in [-0.05, 0) is 62.2 Å². The van der Waals surface area contributed by atoms with Crippen LogP contribution in [0.15, 0.2) is 48.6 Å². The molecule has 0 saturated carbocycles. The Hall–Kier alpha value is -0.640. The lowest BCUT2D eigenvalue weighted by Crippen LogP contribution is -2.15. The van der Waals surface area contributed by atoms with Crippen LogP contribution in [-0.2, 0) is 10.0 Å². The first-order chi connectivity index (χ1) is 9.70.